The first-order valence-electron chi connectivity index (χ1n) is 10.4. The van der Waals surface area contributed by atoms with Crippen LogP contribution in [0.25, 0.3) is 10.9 Å². The number of sulfonamides is 1. The molecular formula is C21H27N5O3S. The number of carbonyl (C=O) groups excluding carboxylic acids is 1. The summed E-state index contributed by atoms with van der Waals surface area (Å²) in [4.78, 5) is 15.9. The molecule has 2 aliphatic rings. The standard InChI is InChI=1S/C21H27N5O3S/c22-12-21(7-8-21)13-24-11-14-3-1-2-4-17(14)26-20(27)19-10-15-9-16(30(23,28)29)5-6-18(15)25-19/h5-6,9-10,14,17,24-25H,1-4,7-8,11,13H2,(H,26,27)(H2,23,28,29)/t14-,17+/m1/s1. The summed E-state index contributed by atoms with van der Waals surface area (Å²) in [5.41, 5.74) is 0.907. The van der Waals surface area contributed by atoms with Crippen LogP contribution < -0.4 is 15.8 Å². The third kappa shape index (κ3) is 4.51. The van der Waals surface area contributed by atoms with Gasteiger partial charge in [0.25, 0.3) is 5.91 Å². The molecule has 1 amide bonds. The fourth-order valence-corrected chi connectivity index (χ4v) is 4.82. The van der Waals surface area contributed by atoms with Crippen molar-refractivity contribution in [1.29, 1.82) is 5.26 Å². The lowest BCUT2D eigenvalue weighted by atomic mass is 9.84. The van der Waals surface area contributed by atoms with Crippen LogP contribution in [0.3, 0.4) is 0 Å². The van der Waals surface area contributed by atoms with Crippen LogP contribution in [-0.2, 0) is 10.0 Å². The summed E-state index contributed by atoms with van der Waals surface area (Å²) < 4.78 is 23.1. The predicted molar refractivity (Wildman–Crippen MR) is 113 cm³/mol. The summed E-state index contributed by atoms with van der Waals surface area (Å²) >= 11 is 0. The fourth-order valence-electron chi connectivity index (χ4n) is 4.27. The van der Waals surface area contributed by atoms with Crippen molar-refractivity contribution in [3.63, 3.8) is 0 Å². The Labute approximate surface area is 176 Å². The number of rotatable bonds is 7. The van der Waals surface area contributed by atoms with E-state index >= 15 is 0 Å². The second kappa shape index (κ2) is 8.02. The fraction of sp³-hybridized carbons (Fsp3) is 0.524. The van der Waals surface area contributed by atoms with E-state index in [1.54, 1.807) is 12.1 Å². The van der Waals surface area contributed by atoms with E-state index in [9.17, 15) is 18.5 Å². The van der Waals surface area contributed by atoms with Crippen molar-refractivity contribution in [3.8, 4) is 6.07 Å². The molecule has 2 aliphatic carbocycles. The third-order valence-electron chi connectivity index (χ3n) is 6.35. The number of fused-ring (bicyclic) bond motifs is 1. The summed E-state index contributed by atoms with van der Waals surface area (Å²) in [6.45, 7) is 1.51. The Morgan fingerprint density at radius 1 is 1.27 bits per heavy atom. The van der Waals surface area contributed by atoms with E-state index in [1.165, 1.54) is 12.1 Å². The van der Waals surface area contributed by atoms with E-state index in [0.717, 1.165) is 51.6 Å². The van der Waals surface area contributed by atoms with Crippen molar-refractivity contribution >= 4 is 26.8 Å². The van der Waals surface area contributed by atoms with Crippen LogP contribution in [0.4, 0.5) is 0 Å². The highest BCUT2D eigenvalue weighted by atomic mass is 32.2. The second-order valence-corrected chi connectivity index (χ2v) is 10.2. The van der Waals surface area contributed by atoms with Gasteiger partial charge in [-0.2, -0.15) is 5.26 Å². The number of amides is 1. The zero-order valence-corrected chi connectivity index (χ0v) is 17.6. The minimum absolute atomic E-state index is 0.0187. The lowest BCUT2D eigenvalue weighted by Gasteiger charge is -2.32. The highest BCUT2D eigenvalue weighted by Gasteiger charge is 2.42. The number of nitriles is 1. The Balaban J connectivity index is 1.41. The van der Waals surface area contributed by atoms with Gasteiger partial charge in [-0.25, -0.2) is 13.6 Å². The number of aromatic amines is 1. The third-order valence-corrected chi connectivity index (χ3v) is 7.26. The molecule has 0 radical (unpaired) electrons. The maximum absolute atomic E-state index is 12.9. The van der Waals surface area contributed by atoms with Crippen LogP contribution in [0.5, 0.6) is 0 Å². The molecule has 0 bridgehead atoms. The van der Waals surface area contributed by atoms with Gasteiger partial charge >= 0.3 is 0 Å². The molecule has 2 aromatic rings. The molecule has 30 heavy (non-hydrogen) atoms. The van der Waals surface area contributed by atoms with Crippen molar-refractivity contribution < 1.29 is 13.2 Å². The van der Waals surface area contributed by atoms with Crippen molar-refractivity contribution in [2.24, 2.45) is 16.5 Å². The predicted octanol–water partition coefficient (Wildman–Crippen LogP) is 2.00. The van der Waals surface area contributed by atoms with E-state index in [-0.39, 0.29) is 22.3 Å². The van der Waals surface area contributed by atoms with Gasteiger partial charge < -0.3 is 15.6 Å². The quantitative estimate of drug-likeness (QED) is 0.533. The molecule has 1 aromatic heterocycles. The summed E-state index contributed by atoms with van der Waals surface area (Å²) in [5, 5.41) is 21.6. The molecule has 0 spiro atoms. The maximum atomic E-state index is 12.9. The number of nitrogens with zero attached hydrogens (tertiary/aromatic N) is 1. The number of hydrogen-bond donors (Lipinski definition) is 4. The smallest absolute Gasteiger partial charge is 0.267 e. The Bertz CT molecular complexity index is 1100. The zero-order chi connectivity index (χ0) is 21.4. The van der Waals surface area contributed by atoms with E-state index in [1.807, 2.05) is 0 Å². The molecule has 1 heterocycles. The van der Waals surface area contributed by atoms with Gasteiger partial charge in [-0.05, 0) is 62.4 Å². The number of carbonyl (C=O) groups is 1. The molecule has 4 rings (SSSR count). The van der Waals surface area contributed by atoms with Crippen LogP contribution in [0, 0.1) is 22.7 Å². The van der Waals surface area contributed by atoms with Crippen LogP contribution >= 0.6 is 0 Å². The lowest BCUT2D eigenvalue weighted by molar-refractivity contribution is 0.0901. The molecule has 2 fully saturated rings. The van der Waals surface area contributed by atoms with Gasteiger partial charge in [-0.15, -0.1) is 0 Å². The van der Waals surface area contributed by atoms with Crippen LogP contribution in [-0.4, -0.2) is 38.4 Å². The molecule has 0 unspecified atom stereocenters. The molecule has 2 saturated carbocycles. The highest BCUT2D eigenvalue weighted by Crippen LogP contribution is 2.44. The van der Waals surface area contributed by atoms with Gasteiger partial charge in [-0.1, -0.05) is 12.8 Å². The number of H-pyrrole nitrogens is 1. The van der Waals surface area contributed by atoms with Crippen LogP contribution in [0.2, 0.25) is 0 Å². The minimum Gasteiger partial charge on any atom is -0.351 e. The van der Waals surface area contributed by atoms with E-state index in [0.29, 0.717) is 22.5 Å². The largest absolute Gasteiger partial charge is 0.351 e. The molecule has 5 N–H and O–H groups in total. The van der Waals surface area contributed by atoms with Gasteiger partial charge in [0.15, 0.2) is 0 Å². The number of aromatic nitrogens is 1. The molecular weight excluding hydrogens is 402 g/mol. The number of primary sulfonamides is 1. The van der Waals surface area contributed by atoms with Crippen LogP contribution in [0.1, 0.15) is 49.0 Å². The van der Waals surface area contributed by atoms with Crippen molar-refractivity contribution in [3.05, 3.63) is 30.0 Å². The molecule has 2 atom stereocenters. The van der Waals surface area contributed by atoms with Gasteiger partial charge in [0, 0.05) is 23.5 Å². The monoisotopic (exact) mass is 429 g/mol. The molecule has 0 saturated heterocycles. The van der Waals surface area contributed by atoms with Gasteiger partial charge in [-0.3, -0.25) is 4.79 Å². The van der Waals surface area contributed by atoms with Crippen molar-refractivity contribution in [1.82, 2.24) is 15.6 Å². The first kappa shape index (κ1) is 20.8. The summed E-state index contributed by atoms with van der Waals surface area (Å²) in [5.74, 6) is 0.131. The zero-order valence-electron chi connectivity index (χ0n) is 16.8. The van der Waals surface area contributed by atoms with Crippen LogP contribution in [0.15, 0.2) is 29.2 Å². The Kier molecular flexibility index (Phi) is 5.57. The number of hydrogen-bond acceptors (Lipinski definition) is 5. The maximum Gasteiger partial charge on any atom is 0.267 e. The van der Waals surface area contributed by atoms with E-state index in [2.05, 4.69) is 21.7 Å². The average Bonchev–Trinajstić information content (AvgIpc) is 3.36. The first-order valence-corrected chi connectivity index (χ1v) is 11.9. The molecule has 1 aromatic carbocycles. The Hall–Kier alpha value is -2.41. The molecule has 8 nitrogen and oxygen atoms in total. The summed E-state index contributed by atoms with van der Waals surface area (Å²) in [6, 6.07) is 8.63. The van der Waals surface area contributed by atoms with Crippen molar-refractivity contribution in [2.45, 2.75) is 49.5 Å². The van der Waals surface area contributed by atoms with E-state index < -0.39 is 10.0 Å². The van der Waals surface area contributed by atoms with Gasteiger partial charge in [0.05, 0.1) is 16.4 Å². The normalized spacial score (nSPS) is 23.1. The highest BCUT2D eigenvalue weighted by molar-refractivity contribution is 7.89. The minimum atomic E-state index is -3.79. The number of nitrogens with two attached hydrogens (primary N) is 1. The molecule has 9 heteroatoms. The molecule has 0 aliphatic heterocycles. The average molecular weight is 430 g/mol. The van der Waals surface area contributed by atoms with Crippen molar-refractivity contribution in [2.75, 3.05) is 13.1 Å². The second-order valence-electron chi connectivity index (χ2n) is 8.62. The molecule has 160 valence electrons. The number of benzene rings is 1. The Morgan fingerprint density at radius 2 is 2.03 bits per heavy atom. The SMILES string of the molecule is N#CC1(CNC[C@H]2CCCC[C@@H]2NC(=O)c2cc3cc(S(N)(=O)=O)ccc3[nH]2)CC1. The topological polar surface area (TPSA) is 141 Å². The number of nitrogens with one attached hydrogen (secondary N) is 3. The van der Waals surface area contributed by atoms with Gasteiger partial charge in [0.2, 0.25) is 10.0 Å². The Morgan fingerprint density at radius 3 is 2.73 bits per heavy atom. The summed E-state index contributed by atoms with van der Waals surface area (Å²) in [6.07, 6.45) is 6.13. The van der Waals surface area contributed by atoms with E-state index in [4.69, 9.17) is 5.14 Å². The lowest BCUT2D eigenvalue weighted by Crippen LogP contribution is -2.46. The first-order chi connectivity index (χ1) is 14.3. The van der Waals surface area contributed by atoms with Gasteiger partial charge in [0.1, 0.15) is 5.69 Å². The summed E-state index contributed by atoms with van der Waals surface area (Å²) in [7, 11) is -3.79.